The molecule has 2 aromatic rings. The molecule has 0 aromatic heterocycles. The molecule has 1 aliphatic heterocycles. The summed E-state index contributed by atoms with van der Waals surface area (Å²) in [6.07, 6.45) is 0. The van der Waals surface area contributed by atoms with Crippen LogP contribution >= 0.6 is 11.6 Å². The summed E-state index contributed by atoms with van der Waals surface area (Å²) in [4.78, 5) is 19.5. The Balaban J connectivity index is 1.72. The smallest absolute Gasteiger partial charge is 0.257 e. The zero-order valence-electron chi connectivity index (χ0n) is 17.2. The summed E-state index contributed by atoms with van der Waals surface area (Å²) < 4.78 is 18.8. The molecule has 160 valence electrons. The lowest BCUT2D eigenvalue weighted by molar-refractivity contribution is 0.0394. The molecule has 0 unspecified atom stereocenters. The second kappa shape index (κ2) is 10.5. The number of guanidine groups is 1. The maximum absolute atomic E-state index is 13.5. The summed E-state index contributed by atoms with van der Waals surface area (Å²) in [5.74, 6) is -0.495. The lowest BCUT2D eigenvalue weighted by atomic mass is 10.1. The van der Waals surface area contributed by atoms with Gasteiger partial charge in [-0.1, -0.05) is 17.7 Å². The number of ether oxygens (including phenoxy) is 1. The summed E-state index contributed by atoms with van der Waals surface area (Å²) in [5, 5.41) is 5.85. The molecule has 0 atom stereocenters. The molecular weight excluding hydrogens is 407 g/mol. The summed E-state index contributed by atoms with van der Waals surface area (Å²) in [7, 11) is 0. The number of nitrogens with one attached hydrogen (secondary N) is 2. The Hall–Kier alpha value is -2.48. The second-order valence-electron chi connectivity index (χ2n) is 7.19. The molecule has 0 spiro atoms. The van der Waals surface area contributed by atoms with Crippen LogP contribution in [-0.2, 0) is 4.74 Å². The van der Waals surface area contributed by atoms with Crippen LogP contribution < -0.4 is 10.6 Å². The van der Waals surface area contributed by atoms with E-state index in [4.69, 9.17) is 16.3 Å². The van der Waals surface area contributed by atoms with Crippen LogP contribution in [0.4, 0.5) is 10.1 Å². The number of carbonyl (C=O) groups is 1. The van der Waals surface area contributed by atoms with Crippen molar-refractivity contribution < 1.29 is 13.9 Å². The Bertz CT molecular complexity index is 929. The first kappa shape index (κ1) is 22.2. The largest absolute Gasteiger partial charge is 0.379 e. The zero-order chi connectivity index (χ0) is 21.5. The highest BCUT2D eigenvalue weighted by atomic mass is 35.5. The van der Waals surface area contributed by atoms with Gasteiger partial charge in [-0.05, 0) is 55.3 Å². The lowest BCUT2D eigenvalue weighted by Gasteiger charge is -2.25. The molecule has 1 heterocycles. The highest BCUT2D eigenvalue weighted by Gasteiger charge is 2.13. The van der Waals surface area contributed by atoms with Crippen LogP contribution in [0.15, 0.2) is 41.4 Å². The molecule has 30 heavy (non-hydrogen) atoms. The summed E-state index contributed by atoms with van der Waals surface area (Å²) >= 11 is 5.88. The van der Waals surface area contributed by atoms with Crippen LogP contribution in [0.3, 0.4) is 0 Å². The van der Waals surface area contributed by atoms with E-state index in [-0.39, 0.29) is 16.9 Å². The van der Waals surface area contributed by atoms with Crippen molar-refractivity contribution in [2.45, 2.75) is 13.8 Å². The van der Waals surface area contributed by atoms with E-state index in [0.717, 1.165) is 30.8 Å². The number of hydrogen-bond acceptors (Lipinski definition) is 4. The molecule has 2 N–H and O–H groups in total. The highest BCUT2D eigenvalue weighted by Crippen LogP contribution is 2.19. The summed E-state index contributed by atoms with van der Waals surface area (Å²) in [5.41, 5.74) is 3.22. The van der Waals surface area contributed by atoms with Crippen molar-refractivity contribution in [1.82, 2.24) is 10.2 Å². The van der Waals surface area contributed by atoms with Crippen LogP contribution in [0, 0.1) is 19.7 Å². The van der Waals surface area contributed by atoms with Gasteiger partial charge in [-0.25, -0.2) is 4.39 Å². The van der Waals surface area contributed by atoms with E-state index in [2.05, 4.69) is 20.5 Å². The third-order valence-electron chi connectivity index (χ3n) is 4.97. The van der Waals surface area contributed by atoms with Gasteiger partial charge in [0.15, 0.2) is 0 Å². The molecular formula is C22H26ClFN4O2. The van der Waals surface area contributed by atoms with Gasteiger partial charge in [0.05, 0.1) is 24.8 Å². The number of benzene rings is 2. The molecule has 6 nitrogen and oxygen atoms in total. The number of aryl methyl sites for hydroxylation is 2. The normalized spacial score (nSPS) is 15.1. The number of aliphatic imine (C=N–C) groups is 1. The van der Waals surface area contributed by atoms with Crippen LogP contribution in [0.5, 0.6) is 0 Å². The van der Waals surface area contributed by atoms with Gasteiger partial charge in [0.1, 0.15) is 5.82 Å². The standard InChI is InChI=1S/C22H26ClFN4O2/c1-15-3-4-17(13-16(15)2)21(29)27-22(25-7-8-28-9-11-30-12-10-28)26-18-5-6-20(24)19(23)14-18/h3-6,13-14H,7-12H2,1-2H3,(H2,25,26,27,29). The molecule has 1 fully saturated rings. The van der Waals surface area contributed by atoms with Crippen molar-refractivity contribution in [2.24, 2.45) is 4.99 Å². The molecule has 1 aliphatic rings. The zero-order valence-corrected chi connectivity index (χ0v) is 17.9. The Kier molecular flexibility index (Phi) is 7.79. The fraction of sp³-hybridized carbons (Fsp3) is 0.364. The predicted octanol–water partition coefficient (Wildman–Crippen LogP) is 3.63. The van der Waals surface area contributed by atoms with Crippen molar-refractivity contribution in [2.75, 3.05) is 44.7 Å². The Labute approximate surface area is 181 Å². The van der Waals surface area contributed by atoms with Gasteiger partial charge in [-0.3, -0.25) is 20.0 Å². The average molecular weight is 433 g/mol. The minimum absolute atomic E-state index is 0.00634. The predicted molar refractivity (Wildman–Crippen MR) is 118 cm³/mol. The molecule has 1 saturated heterocycles. The molecule has 2 aromatic carbocycles. The first-order valence-corrected chi connectivity index (χ1v) is 10.3. The quantitative estimate of drug-likeness (QED) is 0.559. The fourth-order valence-corrected chi connectivity index (χ4v) is 3.19. The number of morpholine rings is 1. The summed E-state index contributed by atoms with van der Waals surface area (Å²) in [6.45, 7) is 8.35. The van der Waals surface area contributed by atoms with Gasteiger partial charge in [0.25, 0.3) is 5.91 Å². The van der Waals surface area contributed by atoms with Gasteiger partial charge < -0.3 is 10.1 Å². The minimum atomic E-state index is -0.507. The SMILES string of the molecule is Cc1ccc(C(=O)NC(=NCCN2CCOCC2)Nc2ccc(F)c(Cl)c2)cc1C. The second-order valence-corrected chi connectivity index (χ2v) is 7.60. The van der Waals surface area contributed by atoms with E-state index in [1.807, 2.05) is 26.0 Å². The molecule has 0 radical (unpaired) electrons. The Morgan fingerprint density at radius 3 is 2.63 bits per heavy atom. The number of amides is 1. The first-order valence-electron chi connectivity index (χ1n) is 9.87. The van der Waals surface area contributed by atoms with E-state index >= 15 is 0 Å². The number of anilines is 1. The van der Waals surface area contributed by atoms with Gasteiger partial charge in [-0.15, -0.1) is 0 Å². The molecule has 0 saturated carbocycles. The third-order valence-corrected chi connectivity index (χ3v) is 5.26. The minimum Gasteiger partial charge on any atom is -0.379 e. The van der Waals surface area contributed by atoms with Gasteiger partial charge >= 0.3 is 0 Å². The van der Waals surface area contributed by atoms with Gasteiger partial charge in [0.2, 0.25) is 5.96 Å². The highest BCUT2D eigenvalue weighted by molar-refractivity contribution is 6.31. The van der Waals surface area contributed by atoms with Crippen LogP contribution in [0.25, 0.3) is 0 Å². The van der Waals surface area contributed by atoms with E-state index in [1.54, 1.807) is 12.1 Å². The van der Waals surface area contributed by atoms with Crippen molar-refractivity contribution >= 4 is 29.2 Å². The topological polar surface area (TPSA) is 66.0 Å². The average Bonchev–Trinajstić information content (AvgIpc) is 2.73. The molecule has 0 bridgehead atoms. The van der Waals surface area contributed by atoms with Crippen molar-refractivity contribution in [3.63, 3.8) is 0 Å². The third kappa shape index (κ3) is 6.26. The van der Waals surface area contributed by atoms with E-state index in [1.165, 1.54) is 12.1 Å². The summed E-state index contributed by atoms with van der Waals surface area (Å²) in [6, 6.07) is 9.79. The maximum Gasteiger partial charge on any atom is 0.257 e. The molecule has 0 aliphatic carbocycles. The number of rotatable bonds is 5. The van der Waals surface area contributed by atoms with Gasteiger partial charge in [0, 0.05) is 30.9 Å². The molecule has 8 heteroatoms. The van der Waals surface area contributed by atoms with Crippen molar-refractivity contribution in [3.8, 4) is 0 Å². The number of carbonyl (C=O) groups excluding carboxylic acids is 1. The van der Waals surface area contributed by atoms with E-state index in [9.17, 15) is 9.18 Å². The fourth-order valence-electron chi connectivity index (χ4n) is 3.01. The Morgan fingerprint density at radius 1 is 1.17 bits per heavy atom. The van der Waals surface area contributed by atoms with Crippen molar-refractivity contribution in [3.05, 3.63) is 63.9 Å². The maximum atomic E-state index is 13.5. The first-order chi connectivity index (χ1) is 14.4. The monoisotopic (exact) mass is 432 g/mol. The van der Waals surface area contributed by atoms with E-state index in [0.29, 0.717) is 31.0 Å². The number of hydrogen-bond donors (Lipinski definition) is 2. The van der Waals surface area contributed by atoms with Crippen LogP contribution in [0.1, 0.15) is 21.5 Å². The lowest BCUT2D eigenvalue weighted by Crippen LogP contribution is -2.39. The van der Waals surface area contributed by atoms with Crippen LogP contribution in [-0.4, -0.2) is 56.2 Å². The van der Waals surface area contributed by atoms with Crippen LogP contribution in [0.2, 0.25) is 5.02 Å². The van der Waals surface area contributed by atoms with Crippen molar-refractivity contribution in [1.29, 1.82) is 0 Å². The molecule has 1 amide bonds. The van der Waals surface area contributed by atoms with Gasteiger partial charge in [-0.2, -0.15) is 0 Å². The number of nitrogens with zero attached hydrogens (tertiary/aromatic N) is 2. The molecule has 3 rings (SSSR count). The Morgan fingerprint density at radius 2 is 1.93 bits per heavy atom. The van der Waals surface area contributed by atoms with E-state index < -0.39 is 5.82 Å². The number of halogens is 2.